The van der Waals surface area contributed by atoms with Crippen molar-refractivity contribution in [1.29, 1.82) is 0 Å². The summed E-state index contributed by atoms with van der Waals surface area (Å²) < 4.78 is 24.6. The maximum Gasteiger partial charge on any atom is 0.251 e. The summed E-state index contributed by atoms with van der Waals surface area (Å²) >= 11 is 7.00. The van der Waals surface area contributed by atoms with Crippen LogP contribution in [0.3, 0.4) is 0 Å². The molecule has 4 rings (SSSR count). The predicted molar refractivity (Wildman–Crippen MR) is 178 cm³/mol. The van der Waals surface area contributed by atoms with Crippen LogP contribution in [0.1, 0.15) is 34.8 Å². The van der Waals surface area contributed by atoms with Crippen LogP contribution in [0.4, 0.5) is 11.4 Å². The highest BCUT2D eigenvalue weighted by Crippen LogP contribution is 2.51. The lowest BCUT2D eigenvalue weighted by Crippen LogP contribution is -2.48. The SMILES string of the molecule is CCNc1cc(C(=O)N[C@@H](Cc2ccccc2)[C@@H](O)CNCc2cc(Br)cc(Br)c2)cc(N2CCCS2(O)O)c1.Cl. The second-order valence-corrected chi connectivity index (χ2v) is 13.8. The molecule has 3 aromatic carbocycles. The summed E-state index contributed by atoms with van der Waals surface area (Å²) in [5, 5.41) is 20.8. The van der Waals surface area contributed by atoms with Crippen molar-refractivity contribution < 1.29 is 19.0 Å². The lowest BCUT2D eigenvalue weighted by molar-refractivity contribution is 0.0830. The van der Waals surface area contributed by atoms with Gasteiger partial charge in [0.05, 0.1) is 23.6 Å². The molecule has 8 nitrogen and oxygen atoms in total. The van der Waals surface area contributed by atoms with Gasteiger partial charge in [-0.2, -0.15) is 0 Å². The van der Waals surface area contributed by atoms with Gasteiger partial charge in [0.15, 0.2) is 0 Å². The van der Waals surface area contributed by atoms with Crippen molar-refractivity contribution >= 4 is 72.3 Å². The van der Waals surface area contributed by atoms with E-state index in [0.717, 1.165) is 20.1 Å². The largest absolute Gasteiger partial charge is 0.390 e. The van der Waals surface area contributed by atoms with E-state index in [1.807, 2.05) is 61.5 Å². The number of carbonyl (C=O) groups excluding carboxylic acids is 1. The van der Waals surface area contributed by atoms with Gasteiger partial charge < -0.3 is 21.1 Å². The molecule has 0 unspecified atom stereocenters. The molecule has 0 spiro atoms. The minimum Gasteiger partial charge on any atom is -0.390 e. The van der Waals surface area contributed by atoms with Crippen molar-refractivity contribution in [2.75, 3.05) is 35.0 Å². The molecule has 41 heavy (non-hydrogen) atoms. The van der Waals surface area contributed by atoms with Gasteiger partial charge in [-0.3, -0.25) is 18.2 Å². The van der Waals surface area contributed by atoms with Crippen LogP contribution in [0.25, 0.3) is 0 Å². The lowest BCUT2D eigenvalue weighted by atomic mass is 10.00. The second-order valence-electron chi connectivity index (χ2n) is 9.84. The summed E-state index contributed by atoms with van der Waals surface area (Å²) in [6, 6.07) is 20.4. The Morgan fingerprint density at radius 3 is 2.37 bits per heavy atom. The van der Waals surface area contributed by atoms with E-state index in [2.05, 4.69) is 47.8 Å². The van der Waals surface area contributed by atoms with Gasteiger partial charge >= 0.3 is 0 Å². The molecular formula is C29H37Br2ClN4O4S. The van der Waals surface area contributed by atoms with Crippen LogP contribution in [0.5, 0.6) is 0 Å². The quantitative estimate of drug-likeness (QED) is 0.127. The summed E-state index contributed by atoms with van der Waals surface area (Å²) in [5.41, 5.74) is 3.73. The lowest BCUT2D eigenvalue weighted by Gasteiger charge is -2.38. The zero-order chi connectivity index (χ0) is 28.7. The third-order valence-corrected chi connectivity index (χ3v) is 9.52. The number of hydrogen-bond donors (Lipinski definition) is 6. The smallest absolute Gasteiger partial charge is 0.251 e. The van der Waals surface area contributed by atoms with E-state index in [9.17, 15) is 19.0 Å². The average molecular weight is 733 g/mol. The third-order valence-electron chi connectivity index (χ3n) is 6.67. The van der Waals surface area contributed by atoms with E-state index >= 15 is 0 Å². The Bertz CT molecular complexity index is 1280. The molecule has 6 N–H and O–H groups in total. The number of aliphatic hydroxyl groups is 1. The molecule has 12 heteroatoms. The average Bonchev–Trinajstić information content (AvgIpc) is 3.27. The highest BCUT2D eigenvalue weighted by atomic mass is 79.9. The minimum absolute atomic E-state index is 0. The first kappa shape index (κ1) is 33.7. The van der Waals surface area contributed by atoms with E-state index in [4.69, 9.17) is 0 Å². The molecule has 1 fully saturated rings. The number of halogens is 3. The number of carbonyl (C=O) groups is 1. The highest BCUT2D eigenvalue weighted by Gasteiger charge is 2.30. The number of amides is 1. The fraction of sp³-hybridized carbons (Fsp3) is 0.345. The fourth-order valence-corrected chi connectivity index (χ4v) is 7.76. The van der Waals surface area contributed by atoms with Crippen molar-refractivity contribution in [2.24, 2.45) is 0 Å². The summed E-state index contributed by atoms with van der Waals surface area (Å²) in [5.74, 6) is -0.0255. The molecule has 224 valence electrons. The van der Waals surface area contributed by atoms with Gasteiger partial charge in [-0.15, -0.1) is 23.2 Å². The molecule has 2 atom stereocenters. The van der Waals surface area contributed by atoms with Crippen LogP contribution in [0, 0.1) is 0 Å². The molecular weight excluding hydrogens is 696 g/mol. The maximum atomic E-state index is 13.6. The topological polar surface area (TPSA) is 117 Å². The summed E-state index contributed by atoms with van der Waals surface area (Å²) in [4.78, 5) is 13.6. The van der Waals surface area contributed by atoms with Gasteiger partial charge in [-0.1, -0.05) is 62.2 Å². The summed E-state index contributed by atoms with van der Waals surface area (Å²) in [6.45, 7) is 3.95. The summed E-state index contributed by atoms with van der Waals surface area (Å²) in [6.07, 6.45) is 0.260. The van der Waals surface area contributed by atoms with Crippen molar-refractivity contribution in [2.45, 2.75) is 38.5 Å². The van der Waals surface area contributed by atoms with E-state index in [1.54, 1.807) is 16.4 Å². The molecule has 1 heterocycles. The highest BCUT2D eigenvalue weighted by molar-refractivity contribution is 9.11. The Hall–Kier alpha value is -1.83. The van der Waals surface area contributed by atoms with Crippen LogP contribution < -0.4 is 20.3 Å². The Morgan fingerprint density at radius 2 is 1.73 bits per heavy atom. The van der Waals surface area contributed by atoms with Crippen LogP contribution in [-0.4, -0.2) is 57.7 Å². The molecule has 1 aliphatic rings. The van der Waals surface area contributed by atoms with Gasteiger partial charge in [-0.25, -0.2) is 0 Å². The molecule has 0 aliphatic carbocycles. The molecule has 1 aliphatic heterocycles. The second kappa shape index (κ2) is 15.6. The number of rotatable bonds is 12. The van der Waals surface area contributed by atoms with E-state index in [-0.39, 0.29) is 24.9 Å². The molecule has 0 aromatic heterocycles. The number of benzene rings is 3. The third kappa shape index (κ3) is 9.59. The molecule has 0 saturated carbocycles. The predicted octanol–water partition coefficient (Wildman–Crippen LogP) is 6.43. The molecule has 0 bridgehead atoms. The van der Waals surface area contributed by atoms with Crippen molar-refractivity contribution in [3.05, 3.63) is 92.4 Å². The Balaban J connectivity index is 0.00000462. The Morgan fingerprint density at radius 1 is 1.02 bits per heavy atom. The zero-order valence-electron chi connectivity index (χ0n) is 22.7. The van der Waals surface area contributed by atoms with Crippen molar-refractivity contribution in [3.8, 4) is 0 Å². The van der Waals surface area contributed by atoms with Crippen LogP contribution >= 0.6 is 55.0 Å². The van der Waals surface area contributed by atoms with Crippen LogP contribution in [0.15, 0.2) is 75.7 Å². The minimum atomic E-state index is -2.91. The zero-order valence-corrected chi connectivity index (χ0v) is 27.5. The molecule has 3 aromatic rings. The van der Waals surface area contributed by atoms with Gasteiger partial charge in [0, 0.05) is 46.4 Å². The Labute approximate surface area is 266 Å². The normalized spacial score (nSPS) is 16.4. The van der Waals surface area contributed by atoms with Crippen LogP contribution in [-0.2, 0) is 13.0 Å². The molecule has 1 saturated heterocycles. The number of anilines is 2. The molecule has 0 radical (unpaired) electrons. The standard InChI is InChI=1S/C29H36Br2N4O4S.ClH/c1-2-33-25-14-22(15-26(17-25)35-9-6-10-40(35,38)39)29(37)34-27(13-20-7-4-3-5-8-20)28(36)19-32-18-21-11-23(30)16-24(31)12-21;/h3-5,7-8,11-12,14-17,27-28,32-33,36,38-39H,2,6,9-10,13,18-19H2,1H3,(H,34,37);1H/t27-,28-;/m0./s1. The summed E-state index contributed by atoms with van der Waals surface area (Å²) in [7, 11) is -2.91. The van der Waals surface area contributed by atoms with E-state index < -0.39 is 22.9 Å². The van der Waals surface area contributed by atoms with Gasteiger partial charge in [0.1, 0.15) is 0 Å². The maximum absolute atomic E-state index is 13.6. The first-order valence-electron chi connectivity index (χ1n) is 13.3. The Kier molecular flexibility index (Phi) is 12.8. The van der Waals surface area contributed by atoms with E-state index in [1.165, 1.54) is 0 Å². The first-order chi connectivity index (χ1) is 19.1. The monoisotopic (exact) mass is 730 g/mol. The van der Waals surface area contributed by atoms with Crippen molar-refractivity contribution in [3.63, 3.8) is 0 Å². The fourth-order valence-electron chi connectivity index (χ4n) is 4.77. The van der Waals surface area contributed by atoms with Gasteiger partial charge in [-0.05, 0) is 67.3 Å². The molecule has 1 amide bonds. The number of nitrogens with one attached hydrogen (secondary N) is 3. The van der Waals surface area contributed by atoms with Crippen molar-refractivity contribution in [1.82, 2.24) is 10.6 Å². The van der Waals surface area contributed by atoms with E-state index in [0.29, 0.717) is 55.2 Å². The number of hydrogen-bond acceptors (Lipinski definition) is 7. The van der Waals surface area contributed by atoms with Crippen LogP contribution in [0.2, 0.25) is 0 Å². The number of nitrogens with zero attached hydrogens (tertiary/aromatic N) is 1. The van der Waals surface area contributed by atoms with Gasteiger partial charge in [0.2, 0.25) is 0 Å². The van der Waals surface area contributed by atoms with Gasteiger partial charge in [0.25, 0.3) is 5.91 Å². The number of aliphatic hydroxyl groups excluding tert-OH is 1. The first-order valence-corrected chi connectivity index (χ1v) is 16.5.